The van der Waals surface area contributed by atoms with Crippen LogP contribution in [0, 0.1) is 12.3 Å². The summed E-state index contributed by atoms with van der Waals surface area (Å²) in [6.07, 6.45) is 0. The maximum Gasteiger partial charge on any atom is 0.261 e. The normalized spacial score (nSPS) is 12.1. The highest BCUT2D eigenvalue weighted by molar-refractivity contribution is 7.21. The zero-order valence-corrected chi connectivity index (χ0v) is 14.3. The molecule has 1 aromatic heterocycles. The SMILES string of the molecule is Cc1c(C(=O)NCC(C)(C)CN(C)C)sc2ccccc12. The second-order valence-corrected chi connectivity index (χ2v) is 7.69. The van der Waals surface area contributed by atoms with E-state index >= 15 is 0 Å². The topological polar surface area (TPSA) is 32.3 Å². The highest BCUT2D eigenvalue weighted by atomic mass is 32.1. The van der Waals surface area contributed by atoms with E-state index in [4.69, 9.17) is 0 Å². The number of thiophene rings is 1. The number of carbonyl (C=O) groups is 1. The number of nitrogens with one attached hydrogen (secondary N) is 1. The molecule has 0 fully saturated rings. The van der Waals surface area contributed by atoms with Crippen molar-refractivity contribution in [2.45, 2.75) is 20.8 Å². The van der Waals surface area contributed by atoms with Crippen LogP contribution in [-0.2, 0) is 0 Å². The van der Waals surface area contributed by atoms with Gasteiger partial charge >= 0.3 is 0 Å². The molecule has 1 heterocycles. The molecular formula is C17H24N2OS. The van der Waals surface area contributed by atoms with Crippen LogP contribution < -0.4 is 5.32 Å². The summed E-state index contributed by atoms with van der Waals surface area (Å²) in [6.45, 7) is 7.99. The van der Waals surface area contributed by atoms with Crippen LogP contribution in [0.3, 0.4) is 0 Å². The van der Waals surface area contributed by atoms with Crippen molar-refractivity contribution in [3.05, 3.63) is 34.7 Å². The maximum atomic E-state index is 12.5. The molecule has 0 saturated heterocycles. The number of benzene rings is 1. The summed E-state index contributed by atoms with van der Waals surface area (Å²) in [5.41, 5.74) is 1.14. The van der Waals surface area contributed by atoms with E-state index < -0.39 is 0 Å². The molecule has 21 heavy (non-hydrogen) atoms. The fourth-order valence-electron chi connectivity index (χ4n) is 2.70. The number of amides is 1. The van der Waals surface area contributed by atoms with Crippen LogP contribution in [0.15, 0.2) is 24.3 Å². The average molecular weight is 304 g/mol. The Morgan fingerprint density at radius 3 is 2.57 bits per heavy atom. The molecule has 1 N–H and O–H groups in total. The van der Waals surface area contributed by atoms with Crippen molar-refractivity contribution in [1.29, 1.82) is 0 Å². The van der Waals surface area contributed by atoms with Gasteiger partial charge in [0.25, 0.3) is 5.91 Å². The first kappa shape index (κ1) is 16.0. The van der Waals surface area contributed by atoms with E-state index in [0.717, 1.165) is 17.0 Å². The van der Waals surface area contributed by atoms with Crippen molar-refractivity contribution < 1.29 is 4.79 Å². The quantitative estimate of drug-likeness (QED) is 0.916. The number of rotatable bonds is 5. The fraction of sp³-hybridized carbons (Fsp3) is 0.471. The molecule has 0 unspecified atom stereocenters. The summed E-state index contributed by atoms with van der Waals surface area (Å²) in [7, 11) is 4.11. The predicted octanol–water partition coefficient (Wildman–Crippen LogP) is 3.53. The lowest BCUT2D eigenvalue weighted by molar-refractivity contribution is 0.0933. The summed E-state index contributed by atoms with van der Waals surface area (Å²) in [6, 6.07) is 8.18. The number of carbonyl (C=O) groups excluding carboxylic acids is 1. The summed E-state index contributed by atoms with van der Waals surface area (Å²) < 4.78 is 1.17. The van der Waals surface area contributed by atoms with Crippen LogP contribution in [0.1, 0.15) is 29.1 Å². The Labute approximate surface area is 131 Å². The Hall–Kier alpha value is -1.39. The largest absolute Gasteiger partial charge is 0.351 e. The van der Waals surface area contributed by atoms with Crippen molar-refractivity contribution in [2.75, 3.05) is 27.2 Å². The molecule has 0 aliphatic carbocycles. The predicted molar refractivity (Wildman–Crippen MR) is 91.2 cm³/mol. The third-order valence-electron chi connectivity index (χ3n) is 3.52. The molecule has 114 valence electrons. The van der Waals surface area contributed by atoms with Gasteiger partial charge in [0.15, 0.2) is 0 Å². The fourth-order valence-corrected chi connectivity index (χ4v) is 3.83. The second-order valence-electron chi connectivity index (χ2n) is 6.64. The van der Waals surface area contributed by atoms with Crippen molar-refractivity contribution in [2.24, 2.45) is 5.41 Å². The van der Waals surface area contributed by atoms with E-state index in [1.807, 2.05) is 19.1 Å². The second kappa shape index (κ2) is 6.16. The molecule has 0 bridgehead atoms. The number of nitrogens with zero attached hydrogens (tertiary/aromatic N) is 1. The van der Waals surface area contributed by atoms with Gasteiger partial charge in [-0.3, -0.25) is 4.79 Å². The number of hydrogen-bond donors (Lipinski definition) is 1. The molecule has 0 atom stereocenters. The van der Waals surface area contributed by atoms with E-state index in [-0.39, 0.29) is 11.3 Å². The minimum Gasteiger partial charge on any atom is -0.351 e. The monoisotopic (exact) mass is 304 g/mol. The van der Waals surface area contributed by atoms with Crippen molar-refractivity contribution in [3.63, 3.8) is 0 Å². The first-order valence-electron chi connectivity index (χ1n) is 7.21. The zero-order valence-electron chi connectivity index (χ0n) is 13.5. The summed E-state index contributed by atoms with van der Waals surface area (Å²) in [4.78, 5) is 15.4. The minimum atomic E-state index is 0.0422. The molecule has 4 heteroatoms. The lowest BCUT2D eigenvalue weighted by atomic mass is 9.93. The Balaban J connectivity index is 2.11. The van der Waals surface area contributed by atoms with E-state index in [2.05, 4.69) is 50.3 Å². The molecule has 1 amide bonds. The molecule has 2 aromatic rings. The third-order valence-corrected chi connectivity index (χ3v) is 4.79. The molecule has 0 radical (unpaired) electrons. The molecule has 0 aliphatic heterocycles. The average Bonchev–Trinajstić information content (AvgIpc) is 2.73. The highest BCUT2D eigenvalue weighted by Crippen LogP contribution is 2.30. The smallest absolute Gasteiger partial charge is 0.261 e. The van der Waals surface area contributed by atoms with Gasteiger partial charge in [0.1, 0.15) is 0 Å². The van der Waals surface area contributed by atoms with E-state index in [1.165, 1.54) is 10.1 Å². The molecule has 3 nitrogen and oxygen atoms in total. The van der Waals surface area contributed by atoms with Gasteiger partial charge in [-0.1, -0.05) is 32.0 Å². The van der Waals surface area contributed by atoms with Gasteiger partial charge in [0, 0.05) is 17.8 Å². The van der Waals surface area contributed by atoms with Crippen LogP contribution in [-0.4, -0.2) is 38.0 Å². The first-order valence-corrected chi connectivity index (χ1v) is 8.03. The molecule has 0 spiro atoms. The van der Waals surface area contributed by atoms with Crippen molar-refractivity contribution >= 4 is 27.3 Å². The summed E-state index contributed by atoms with van der Waals surface area (Å²) >= 11 is 1.57. The van der Waals surface area contributed by atoms with Gasteiger partial charge in [-0.15, -0.1) is 11.3 Å². The van der Waals surface area contributed by atoms with Gasteiger partial charge in [0.2, 0.25) is 0 Å². The van der Waals surface area contributed by atoms with Gasteiger partial charge in [0.05, 0.1) is 4.88 Å². The highest BCUT2D eigenvalue weighted by Gasteiger charge is 2.21. The molecular weight excluding hydrogens is 280 g/mol. The maximum absolute atomic E-state index is 12.5. The zero-order chi connectivity index (χ0) is 15.6. The van der Waals surface area contributed by atoms with Crippen LogP contribution in [0.4, 0.5) is 0 Å². The number of aryl methyl sites for hydroxylation is 1. The first-order chi connectivity index (χ1) is 9.80. The Kier molecular flexibility index (Phi) is 4.69. The third kappa shape index (κ3) is 3.83. The van der Waals surface area contributed by atoms with Gasteiger partial charge < -0.3 is 10.2 Å². The molecule has 1 aromatic carbocycles. The van der Waals surface area contributed by atoms with Crippen LogP contribution in [0.2, 0.25) is 0 Å². The Bertz CT molecular complexity index is 643. The van der Waals surface area contributed by atoms with Crippen molar-refractivity contribution in [1.82, 2.24) is 10.2 Å². The van der Waals surface area contributed by atoms with Crippen LogP contribution >= 0.6 is 11.3 Å². The lowest BCUT2D eigenvalue weighted by Crippen LogP contribution is -2.39. The van der Waals surface area contributed by atoms with Gasteiger partial charge in [-0.25, -0.2) is 0 Å². The molecule has 0 saturated carbocycles. The van der Waals surface area contributed by atoms with E-state index in [1.54, 1.807) is 11.3 Å². The van der Waals surface area contributed by atoms with Crippen molar-refractivity contribution in [3.8, 4) is 0 Å². The molecule has 2 rings (SSSR count). The van der Waals surface area contributed by atoms with Gasteiger partial charge in [-0.05, 0) is 43.5 Å². The standard InChI is InChI=1S/C17H24N2OS/c1-12-13-8-6-7-9-14(13)21-15(12)16(20)18-10-17(2,3)11-19(4)5/h6-9H,10-11H2,1-5H3,(H,18,20). The lowest BCUT2D eigenvalue weighted by Gasteiger charge is -2.28. The molecule has 0 aliphatic rings. The Morgan fingerprint density at radius 2 is 1.95 bits per heavy atom. The van der Waals surface area contributed by atoms with Crippen LogP contribution in [0.25, 0.3) is 10.1 Å². The van der Waals surface area contributed by atoms with Crippen LogP contribution in [0.5, 0.6) is 0 Å². The summed E-state index contributed by atoms with van der Waals surface area (Å²) in [5, 5.41) is 4.27. The Morgan fingerprint density at radius 1 is 1.29 bits per heavy atom. The number of hydrogen-bond acceptors (Lipinski definition) is 3. The van der Waals surface area contributed by atoms with E-state index in [9.17, 15) is 4.79 Å². The minimum absolute atomic E-state index is 0.0422. The van der Waals surface area contributed by atoms with Gasteiger partial charge in [-0.2, -0.15) is 0 Å². The number of fused-ring (bicyclic) bond motifs is 1. The van der Waals surface area contributed by atoms with E-state index in [0.29, 0.717) is 6.54 Å². The summed E-state index contributed by atoms with van der Waals surface area (Å²) in [5.74, 6) is 0.0422.